The molecule has 84 valence electrons. The standard InChI is InChI=1S/C12H18O3/c1-3-15-9-8-11(13)10-6-4-5-7-12(10)14-2/h4-7,11,13H,3,8-9H2,1-2H3. The van der Waals surface area contributed by atoms with E-state index in [4.69, 9.17) is 9.47 Å². The summed E-state index contributed by atoms with van der Waals surface area (Å²) in [5.41, 5.74) is 0.819. The molecule has 1 N–H and O–H groups in total. The molecule has 0 saturated carbocycles. The zero-order valence-electron chi connectivity index (χ0n) is 9.27. The van der Waals surface area contributed by atoms with E-state index in [0.717, 1.165) is 11.3 Å². The third kappa shape index (κ3) is 3.53. The normalized spacial score (nSPS) is 12.5. The fourth-order valence-electron chi connectivity index (χ4n) is 1.44. The van der Waals surface area contributed by atoms with E-state index in [2.05, 4.69) is 0 Å². The summed E-state index contributed by atoms with van der Waals surface area (Å²) < 4.78 is 10.4. The molecule has 3 heteroatoms. The molecule has 0 heterocycles. The van der Waals surface area contributed by atoms with E-state index in [1.165, 1.54) is 0 Å². The molecule has 0 aromatic heterocycles. The van der Waals surface area contributed by atoms with Crippen LogP contribution < -0.4 is 4.74 Å². The average molecular weight is 210 g/mol. The fourth-order valence-corrected chi connectivity index (χ4v) is 1.44. The van der Waals surface area contributed by atoms with Crippen LogP contribution in [0.2, 0.25) is 0 Å². The average Bonchev–Trinajstić information content (AvgIpc) is 2.29. The molecule has 0 bridgehead atoms. The van der Waals surface area contributed by atoms with Gasteiger partial charge in [0.1, 0.15) is 5.75 Å². The number of rotatable bonds is 6. The van der Waals surface area contributed by atoms with E-state index in [0.29, 0.717) is 19.6 Å². The van der Waals surface area contributed by atoms with Gasteiger partial charge in [-0.1, -0.05) is 18.2 Å². The Morgan fingerprint density at radius 1 is 1.33 bits per heavy atom. The molecule has 1 aromatic rings. The van der Waals surface area contributed by atoms with Crippen molar-refractivity contribution in [1.82, 2.24) is 0 Å². The molecule has 0 amide bonds. The van der Waals surface area contributed by atoms with Gasteiger partial charge >= 0.3 is 0 Å². The number of ether oxygens (including phenoxy) is 2. The van der Waals surface area contributed by atoms with E-state index >= 15 is 0 Å². The Hall–Kier alpha value is -1.06. The van der Waals surface area contributed by atoms with Gasteiger partial charge in [-0.15, -0.1) is 0 Å². The molecule has 1 aromatic carbocycles. The summed E-state index contributed by atoms with van der Waals surface area (Å²) in [5.74, 6) is 0.724. The summed E-state index contributed by atoms with van der Waals surface area (Å²) in [4.78, 5) is 0. The van der Waals surface area contributed by atoms with Crippen LogP contribution in [-0.2, 0) is 4.74 Å². The Bertz CT molecular complexity index is 286. The van der Waals surface area contributed by atoms with Crippen molar-refractivity contribution < 1.29 is 14.6 Å². The number of hydrogen-bond donors (Lipinski definition) is 1. The van der Waals surface area contributed by atoms with E-state index in [1.54, 1.807) is 7.11 Å². The van der Waals surface area contributed by atoms with Crippen molar-refractivity contribution in [2.24, 2.45) is 0 Å². The molecular weight excluding hydrogens is 192 g/mol. The van der Waals surface area contributed by atoms with Crippen molar-refractivity contribution in [2.45, 2.75) is 19.4 Å². The van der Waals surface area contributed by atoms with Crippen molar-refractivity contribution in [3.8, 4) is 5.75 Å². The molecule has 0 aliphatic heterocycles. The molecule has 15 heavy (non-hydrogen) atoms. The second-order valence-corrected chi connectivity index (χ2v) is 3.24. The van der Waals surface area contributed by atoms with Gasteiger partial charge in [0.05, 0.1) is 13.2 Å². The van der Waals surface area contributed by atoms with Crippen LogP contribution in [0.3, 0.4) is 0 Å². The first-order valence-corrected chi connectivity index (χ1v) is 5.18. The Balaban J connectivity index is 2.59. The van der Waals surface area contributed by atoms with E-state index in [1.807, 2.05) is 31.2 Å². The largest absolute Gasteiger partial charge is 0.496 e. The first-order valence-electron chi connectivity index (χ1n) is 5.18. The molecule has 1 unspecified atom stereocenters. The monoisotopic (exact) mass is 210 g/mol. The van der Waals surface area contributed by atoms with Gasteiger partial charge in [0.25, 0.3) is 0 Å². The highest BCUT2D eigenvalue weighted by atomic mass is 16.5. The second kappa shape index (κ2) is 6.43. The minimum absolute atomic E-state index is 0.521. The van der Waals surface area contributed by atoms with Crippen molar-refractivity contribution >= 4 is 0 Å². The molecule has 0 aliphatic carbocycles. The highest BCUT2D eigenvalue weighted by Gasteiger charge is 2.11. The van der Waals surface area contributed by atoms with E-state index < -0.39 is 6.10 Å². The highest BCUT2D eigenvalue weighted by Crippen LogP contribution is 2.26. The molecule has 0 aliphatic rings. The Kier molecular flexibility index (Phi) is 5.15. The summed E-state index contributed by atoms with van der Waals surface area (Å²) >= 11 is 0. The maximum Gasteiger partial charge on any atom is 0.124 e. The highest BCUT2D eigenvalue weighted by molar-refractivity contribution is 5.34. The summed E-state index contributed by atoms with van der Waals surface area (Å²) in [6, 6.07) is 7.49. The number of benzene rings is 1. The van der Waals surface area contributed by atoms with Crippen LogP contribution in [0.15, 0.2) is 24.3 Å². The maximum absolute atomic E-state index is 9.90. The third-order valence-corrected chi connectivity index (χ3v) is 2.24. The Labute approximate surface area is 90.6 Å². The van der Waals surface area contributed by atoms with Crippen LogP contribution in [0.4, 0.5) is 0 Å². The van der Waals surface area contributed by atoms with Crippen molar-refractivity contribution in [3.05, 3.63) is 29.8 Å². The predicted molar refractivity (Wildman–Crippen MR) is 59.1 cm³/mol. The zero-order chi connectivity index (χ0) is 11.1. The van der Waals surface area contributed by atoms with Gasteiger partial charge < -0.3 is 14.6 Å². The molecule has 1 rings (SSSR count). The lowest BCUT2D eigenvalue weighted by molar-refractivity contribution is 0.0873. The minimum atomic E-state index is -0.521. The van der Waals surface area contributed by atoms with Gasteiger partial charge in [-0.3, -0.25) is 0 Å². The number of para-hydroxylation sites is 1. The van der Waals surface area contributed by atoms with Crippen LogP contribution in [0.25, 0.3) is 0 Å². The van der Waals surface area contributed by atoms with Gasteiger partial charge in [0.15, 0.2) is 0 Å². The maximum atomic E-state index is 9.90. The smallest absolute Gasteiger partial charge is 0.124 e. The number of hydrogen-bond acceptors (Lipinski definition) is 3. The molecule has 1 atom stereocenters. The summed E-state index contributed by atoms with van der Waals surface area (Å²) in [6.07, 6.45) is 0.0708. The molecule has 0 radical (unpaired) electrons. The summed E-state index contributed by atoms with van der Waals surface area (Å²) in [6.45, 7) is 3.18. The topological polar surface area (TPSA) is 38.7 Å². The summed E-state index contributed by atoms with van der Waals surface area (Å²) in [7, 11) is 1.61. The molecular formula is C12H18O3. The van der Waals surface area contributed by atoms with Gasteiger partial charge in [-0.25, -0.2) is 0 Å². The predicted octanol–water partition coefficient (Wildman–Crippen LogP) is 2.16. The van der Waals surface area contributed by atoms with E-state index in [-0.39, 0.29) is 0 Å². The van der Waals surface area contributed by atoms with Crippen LogP contribution in [0.1, 0.15) is 25.0 Å². The molecule has 0 spiro atoms. The van der Waals surface area contributed by atoms with Gasteiger partial charge in [-0.2, -0.15) is 0 Å². The van der Waals surface area contributed by atoms with Gasteiger partial charge in [-0.05, 0) is 13.0 Å². The lowest BCUT2D eigenvalue weighted by Gasteiger charge is -2.14. The van der Waals surface area contributed by atoms with Crippen molar-refractivity contribution in [1.29, 1.82) is 0 Å². The summed E-state index contributed by atoms with van der Waals surface area (Å²) in [5, 5.41) is 9.90. The van der Waals surface area contributed by atoms with Gasteiger partial charge in [0.2, 0.25) is 0 Å². The Morgan fingerprint density at radius 3 is 2.73 bits per heavy atom. The first-order chi connectivity index (χ1) is 7.29. The fraction of sp³-hybridized carbons (Fsp3) is 0.500. The lowest BCUT2D eigenvalue weighted by atomic mass is 10.1. The minimum Gasteiger partial charge on any atom is -0.496 e. The van der Waals surface area contributed by atoms with E-state index in [9.17, 15) is 5.11 Å². The number of methoxy groups -OCH3 is 1. The van der Waals surface area contributed by atoms with Gasteiger partial charge in [0, 0.05) is 25.2 Å². The molecule has 0 fully saturated rings. The van der Waals surface area contributed by atoms with Crippen LogP contribution in [0, 0.1) is 0 Å². The third-order valence-electron chi connectivity index (χ3n) is 2.24. The quantitative estimate of drug-likeness (QED) is 0.731. The SMILES string of the molecule is CCOCCC(O)c1ccccc1OC. The van der Waals surface area contributed by atoms with Crippen LogP contribution >= 0.6 is 0 Å². The van der Waals surface area contributed by atoms with Crippen LogP contribution in [0.5, 0.6) is 5.75 Å². The second-order valence-electron chi connectivity index (χ2n) is 3.24. The lowest BCUT2D eigenvalue weighted by Crippen LogP contribution is -2.04. The van der Waals surface area contributed by atoms with Crippen LogP contribution in [-0.4, -0.2) is 25.4 Å². The molecule has 0 saturated heterocycles. The zero-order valence-corrected chi connectivity index (χ0v) is 9.27. The van der Waals surface area contributed by atoms with Crippen molar-refractivity contribution in [3.63, 3.8) is 0 Å². The Morgan fingerprint density at radius 2 is 2.07 bits per heavy atom. The molecule has 3 nitrogen and oxygen atoms in total. The first kappa shape index (κ1) is 12.0. The van der Waals surface area contributed by atoms with Crippen molar-refractivity contribution in [2.75, 3.05) is 20.3 Å². The number of aliphatic hydroxyl groups excluding tert-OH is 1. The number of aliphatic hydroxyl groups is 1.